The summed E-state index contributed by atoms with van der Waals surface area (Å²) >= 11 is 3.52. The van der Waals surface area contributed by atoms with Crippen molar-refractivity contribution in [2.24, 2.45) is 12.5 Å². The second-order valence-electron chi connectivity index (χ2n) is 14.6. The van der Waals surface area contributed by atoms with Crippen molar-refractivity contribution in [3.63, 3.8) is 0 Å². The number of rotatable bonds is 7. The molecule has 268 valence electrons. The fraction of sp³-hybridized carbons (Fsp3) is 0.342. The van der Waals surface area contributed by atoms with E-state index in [2.05, 4.69) is 48.3 Å². The third-order valence-corrected chi connectivity index (χ3v) is 11.6. The number of anilines is 1. The van der Waals surface area contributed by atoms with Gasteiger partial charge in [0.25, 0.3) is 11.8 Å². The van der Waals surface area contributed by atoms with Crippen LogP contribution < -0.4 is 21.6 Å². The van der Waals surface area contributed by atoms with Gasteiger partial charge >= 0.3 is 11.4 Å². The van der Waals surface area contributed by atoms with Crippen molar-refractivity contribution in [1.29, 1.82) is 0 Å². The van der Waals surface area contributed by atoms with Crippen molar-refractivity contribution in [3.8, 4) is 17.1 Å². The highest BCUT2D eigenvalue weighted by molar-refractivity contribution is 9.10. The molecule has 2 fully saturated rings. The Balaban J connectivity index is 1.14. The Morgan fingerprint density at radius 2 is 1.69 bits per heavy atom. The summed E-state index contributed by atoms with van der Waals surface area (Å²) in [7, 11) is 3.77. The van der Waals surface area contributed by atoms with Gasteiger partial charge in [0.1, 0.15) is 5.69 Å². The highest BCUT2D eigenvalue weighted by atomic mass is 79.9. The first-order chi connectivity index (χ1) is 24.9. The standard InChI is InChI=1S/C38H40BrN9O4/c1-23-15-25(9-14-30(23)39)35(50)46-18-31-32(34(49)40-16-26-7-5-6-8-29(26)33-41-42-36(51)44(33)4)48(37(52)47(31)17-24(46)2)28-12-10-27(11-13-28)45-21-38(22-45)19-43(3)20-38/h5-15,24H,16-22H2,1-4H3,(H,40,49)(H,42,51)/t24-/m1/s1. The van der Waals surface area contributed by atoms with Gasteiger partial charge in [-0.25, -0.2) is 14.7 Å². The molecule has 0 aliphatic carbocycles. The molecule has 3 aromatic carbocycles. The van der Waals surface area contributed by atoms with E-state index in [0.717, 1.165) is 47.5 Å². The number of nitrogens with zero attached hydrogens (tertiary/aromatic N) is 7. The van der Waals surface area contributed by atoms with Crippen LogP contribution in [-0.2, 0) is 26.7 Å². The Morgan fingerprint density at radius 1 is 0.981 bits per heavy atom. The molecule has 13 nitrogen and oxygen atoms in total. The van der Waals surface area contributed by atoms with Gasteiger partial charge in [0.05, 0.1) is 17.9 Å². The van der Waals surface area contributed by atoms with E-state index >= 15 is 0 Å². The summed E-state index contributed by atoms with van der Waals surface area (Å²) in [5.74, 6) is -0.188. The van der Waals surface area contributed by atoms with E-state index in [4.69, 9.17) is 0 Å². The summed E-state index contributed by atoms with van der Waals surface area (Å²) in [5, 5.41) is 9.69. The van der Waals surface area contributed by atoms with Crippen molar-refractivity contribution >= 4 is 33.4 Å². The van der Waals surface area contributed by atoms with Crippen LogP contribution in [0.1, 0.15) is 44.6 Å². The van der Waals surface area contributed by atoms with E-state index in [1.807, 2.05) is 74.5 Å². The molecular formula is C38H40BrN9O4. The molecule has 0 unspecified atom stereocenters. The van der Waals surface area contributed by atoms with Crippen molar-refractivity contribution in [1.82, 2.24) is 39.0 Å². The smallest absolute Gasteiger partial charge is 0.343 e. The van der Waals surface area contributed by atoms with Crippen LogP contribution in [0.4, 0.5) is 5.69 Å². The van der Waals surface area contributed by atoms with Crippen LogP contribution in [0.2, 0.25) is 0 Å². The molecule has 2 aromatic heterocycles. The number of H-pyrrole nitrogens is 1. The molecule has 0 saturated carbocycles. The predicted octanol–water partition coefficient (Wildman–Crippen LogP) is 3.53. The highest BCUT2D eigenvalue weighted by Gasteiger charge is 2.50. The Morgan fingerprint density at radius 3 is 2.37 bits per heavy atom. The number of likely N-dealkylation sites (tertiary alicyclic amines) is 1. The van der Waals surface area contributed by atoms with Gasteiger partial charge in [0.15, 0.2) is 5.82 Å². The van der Waals surface area contributed by atoms with Crippen LogP contribution in [0.25, 0.3) is 17.1 Å². The number of aromatic nitrogens is 5. The lowest BCUT2D eigenvalue weighted by Gasteiger charge is -2.60. The van der Waals surface area contributed by atoms with E-state index in [9.17, 15) is 19.2 Å². The molecule has 1 spiro atoms. The number of nitrogens with one attached hydrogen (secondary N) is 2. The summed E-state index contributed by atoms with van der Waals surface area (Å²) in [4.78, 5) is 61.2. The molecule has 5 aromatic rings. The minimum absolute atomic E-state index is 0.0778. The molecule has 52 heavy (non-hydrogen) atoms. The van der Waals surface area contributed by atoms with Gasteiger partial charge in [-0.2, -0.15) is 5.10 Å². The lowest BCUT2D eigenvalue weighted by Crippen LogP contribution is -2.71. The molecule has 1 atom stereocenters. The van der Waals surface area contributed by atoms with Crippen LogP contribution in [0.5, 0.6) is 0 Å². The van der Waals surface area contributed by atoms with Gasteiger partial charge in [-0.05, 0) is 74.5 Å². The number of amides is 2. The first-order valence-corrected chi connectivity index (χ1v) is 18.2. The number of fused-ring (bicyclic) bond motifs is 1. The Bertz CT molecular complexity index is 2340. The van der Waals surface area contributed by atoms with Crippen molar-refractivity contribution < 1.29 is 9.59 Å². The molecule has 5 heterocycles. The maximum Gasteiger partial charge on any atom is 0.343 e. The number of imidazole rings is 1. The van der Waals surface area contributed by atoms with Gasteiger partial charge in [0.2, 0.25) is 0 Å². The third kappa shape index (κ3) is 5.70. The normalized spacial score (nSPS) is 17.8. The van der Waals surface area contributed by atoms with Crippen LogP contribution in [0, 0.1) is 12.3 Å². The van der Waals surface area contributed by atoms with E-state index in [-0.39, 0.29) is 48.7 Å². The number of carbonyl (C=O) groups is 2. The monoisotopic (exact) mass is 765 g/mol. The Kier molecular flexibility index (Phi) is 8.33. The zero-order valence-electron chi connectivity index (χ0n) is 29.5. The van der Waals surface area contributed by atoms with Crippen LogP contribution >= 0.6 is 15.9 Å². The molecule has 2 amide bonds. The average molecular weight is 767 g/mol. The number of benzene rings is 3. The van der Waals surface area contributed by atoms with Crippen molar-refractivity contribution in [2.75, 3.05) is 38.1 Å². The van der Waals surface area contributed by atoms with Gasteiger partial charge in [-0.1, -0.05) is 40.2 Å². The largest absolute Gasteiger partial charge is 0.370 e. The van der Waals surface area contributed by atoms with Gasteiger partial charge in [0, 0.05) is 79.1 Å². The minimum Gasteiger partial charge on any atom is -0.370 e. The molecule has 8 rings (SSSR count). The first-order valence-electron chi connectivity index (χ1n) is 17.4. The van der Waals surface area contributed by atoms with Gasteiger partial charge in [-0.15, -0.1) is 0 Å². The number of carbonyl (C=O) groups excluding carboxylic acids is 2. The number of hydrogen-bond donors (Lipinski definition) is 2. The van der Waals surface area contributed by atoms with E-state index in [0.29, 0.717) is 33.7 Å². The summed E-state index contributed by atoms with van der Waals surface area (Å²) in [6.07, 6.45) is 0. The number of halogens is 1. The summed E-state index contributed by atoms with van der Waals surface area (Å²) in [5.41, 5.74) is 4.88. The molecule has 0 radical (unpaired) electrons. The van der Waals surface area contributed by atoms with Crippen molar-refractivity contribution in [2.45, 2.75) is 39.5 Å². The summed E-state index contributed by atoms with van der Waals surface area (Å²) in [6, 6.07) is 20.4. The lowest BCUT2D eigenvalue weighted by atomic mass is 9.73. The fourth-order valence-corrected chi connectivity index (χ4v) is 8.35. The predicted molar refractivity (Wildman–Crippen MR) is 201 cm³/mol. The summed E-state index contributed by atoms with van der Waals surface area (Å²) in [6.45, 7) is 8.49. The maximum atomic E-state index is 14.4. The Labute approximate surface area is 308 Å². The number of aromatic amines is 1. The molecule has 0 bridgehead atoms. The second-order valence-corrected chi connectivity index (χ2v) is 15.4. The topological polar surface area (TPSA) is 134 Å². The Hall–Kier alpha value is -5.21. The SMILES string of the molecule is Cc1cc(C(=O)N2Cc3c(C(=O)NCc4ccccc4-c4n[nH]c(=O)n4C)n(-c4ccc(N5CC6(CN(C)C6)C5)cc4)c(=O)n3C[C@H]2C)ccc1Br. The molecule has 3 aliphatic rings. The minimum atomic E-state index is -0.458. The molecule has 2 saturated heterocycles. The molecule has 2 N–H and O–H groups in total. The molecular weight excluding hydrogens is 726 g/mol. The maximum absolute atomic E-state index is 14.4. The summed E-state index contributed by atoms with van der Waals surface area (Å²) < 4.78 is 5.42. The zero-order valence-corrected chi connectivity index (χ0v) is 31.1. The fourth-order valence-electron chi connectivity index (χ4n) is 8.10. The quantitative estimate of drug-likeness (QED) is 0.259. The first kappa shape index (κ1) is 33.9. The van der Waals surface area contributed by atoms with E-state index in [1.54, 1.807) is 22.6 Å². The lowest BCUT2D eigenvalue weighted by molar-refractivity contribution is -0.00238. The van der Waals surface area contributed by atoms with Crippen LogP contribution in [0.15, 0.2) is 80.8 Å². The van der Waals surface area contributed by atoms with Crippen molar-refractivity contribution in [3.05, 3.63) is 120 Å². The molecule has 3 aliphatic heterocycles. The molecule has 14 heteroatoms. The van der Waals surface area contributed by atoms with E-state index in [1.165, 1.54) is 9.13 Å². The third-order valence-electron chi connectivity index (χ3n) is 10.7. The van der Waals surface area contributed by atoms with E-state index < -0.39 is 5.91 Å². The number of aryl methyl sites for hydroxylation is 1. The van der Waals surface area contributed by atoms with Crippen LogP contribution in [-0.4, -0.2) is 84.8 Å². The van der Waals surface area contributed by atoms with Gasteiger partial charge < -0.3 is 20.0 Å². The average Bonchev–Trinajstić information content (AvgIpc) is 3.59. The van der Waals surface area contributed by atoms with Crippen LogP contribution in [0.3, 0.4) is 0 Å². The highest BCUT2D eigenvalue weighted by Crippen LogP contribution is 2.41. The van der Waals surface area contributed by atoms with Gasteiger partial charge in [-0.3, -0.25) is 23.3 Å². The zero-order chi connectivity index (χ0) is 36.5. The second kappa shape index (κ2) is 12.8. The number of hydrogen-bond acceptors (Lipinski definition) is 7.